The van der Waals surface area contributed by atoms with Gasteiger partial charge < -0.3 is 5.73 Å². The fraction of sp³-hybridized carbons (Fsp3) is 0.300. The predicted molar refractivity (Wildman–Crippen MR) is 48.4 cm³/mol. The molecule has 12 heavy (non-hydrogen) atoms. The summed E-state index contributed by atoms with van der Waals surface area (Å²) in [4.78, 5) is 0. The van der Waals surface area contributed by atoms with Crippen molar-refractivity contribution in [1.29, 1.82) is 5.26 Å². The Bertz CT molecular complexity index is 299. The van der Waals surface area contributed by atoms with Gasteiger partial charge in [0.25, 0.3) is 0 Å². The third-order valence-electron chi connectivity index (χ3n) is 1.92. The van der Waals surface area contributed by atoms with Crippen molar-refractivity contribution in [3.05, 3.63) is 35.4 Å². The highest BCUT2D eigenvalue weighted by Gasteiger charge is 2.06. The Labute approximate surface area is 72.6 Å². The molecule has 62 valence electrons. The largest absolute Gasteiger partial charge is 0.324 e. The van der Waals surface area contributed by atoms with Crippen LogP contribution in [-0.4, -0.2) is 0 Å². The van der Waals surface area contributed by atoms with Gasteiger partial charge in [0.2, 0.25) is 0 Å². The van der Waals surface area contributed by atoms with E-state index in [1.165, 1.54) is 0 Å². The number of hydrogen-bond donors (Lipinski definition) is 1. The molecular weight excluding hydrogens is 148 g/mol. The summed E-state index contributed by atoms with van der Waals surface area (Å²) in [6, 6.07) is 9.58. The molecule has 0 saturated heterocycles. The number of benzene rings is 1. The van der Waals surface area contributed by atoms with Crippen LogP contribution in [0, 0.1) is 11.3 Å². The molecule has 1 aromatic carbocycles. The molecule has 1 rings (SSSR count). The highest BCUT2D eigenvalue weighted by molar-refractivity contribution is 5.39. The maximum Gasteiger partial charge on any atom is 0.0995 e. The van der Waals surface area contributed by atoms with Crippen LogP contribution in [0.4, 0.5) is 0 Å². The van der Waals surface area contributed by atoms with Gasteiger partial charge in [0.1, 0.15) is 0 Å². The first-order valence-electron chi connectivity index (χ1n) is 4.04. The van der Waals surface area contributed by atoms with Crippen molar-refractivity contribution < 1.29 is 0 Å². The van der Waals surface area contributed by atoms with E-state index in [9.17, 15) is 0 Å². The van der Waals surface area contributed by atoms with Crippen LogP contribution in [0.25, 0.3) is 0 Å². The summed E-state index contributed by atoms with van der Waals surface area (Å²) in [6.45, 7) is 2.01. The normalized spacial score (nSPS) is 12.1. The Morgan fingerprint density at radius 1 is 1.50 bits per heavy atom. The number of nitrogens with two attached hydrogens (primary N) is 1. The van der Waals surface area contributed by atoms with Gasteiger partial charge in [-0.25, -0.2) is 0 Å². The Kier molecular flexibility index (Phi) is 2.84. The molecule has 0 radical (unpaired) electrons. The molecule has 0 amide bonds. The predicted octanol–water partition coefficient (Wildman–Crippen LogP) is 1.97. The van der Waals surface area contributed by atoms with Crippen LogP contribution in [-0.2, 0) is 0 Å². The standard InChI is InChI=1S/C10H12N2/c1-2-10(12)9-6-4-3-5-8(9)7-11/h3-6,10H,2,12H2,1H3/t10-/m0/s1. The van der Waals surface area contributed by atoms with E-state index in [2.05, 4.69) is 6.07 Å². The third-order valence-corrected chi connectivity index (χ3v) is 1.92. The molecule has 2 nitrogen and oxygen atoms in total. The van der Waals surface area contributed by atoms with Crippen LogP contribution in [0.5, 0.6) is 0 Å². The highest BCUT2D eigenvalue weighted by Crippen LogP contribution is 2.17. The molecular formula is C10H12N2. The van der Waals surface area contributed by atoms with E-state index in [4.69, 9.17) is 11.0 Å². The molecule has 0 aromatic heterocycles. The molecule has 0 bridgehead atoms. The van der Waals surface area contributed by atoms with Crippen LogP contribution in [0.15, 0.2) is 24.3 Å². The van der Waals surface area contributed by atoms with E-state index in [1.54, 1.807) is 6.07 Å². The summed E-state index contributed by atoms with van der Waals surface area (Å²) >= 11 is 0. The zero-order valence-electron chi connectivity index (χ0n) is 7.12. The first-order chi connectivity index (χ1) is 5.79. The van der Waals surface area contributed by atoms with E-state index < -0.39 is 0 Å². The van der Waals surface area contributed by atoms with Crippen molar-refractivity contribution in [3.8, 4) is 6.07 Å². The molecule has 1 aromatic rings. The van der Waals surface area contributed by atoms with Crippen LogP contribution < -0.4 is 5.73 Å². The fourth-order valence-electron chi connectivity index (χ4n) is 1.14. The second-order valence-electron chi connectivity index (χ2n) is 2.71. The first-order valence-corrected chi connectivity index (χ1v) is 4.04. The second kappa shape index (κ2) is 3.89. The lowest BCUT2D eigenvalue weighted by atomic mass is 10.0. The average molecular weight is 160 g/mol. The molecule has 0 heterocycles. The molecule has 0 spiro atoms. The Hall–Kier alpha value is -1.33. The van der Waals surface area contributed by atoms with E-state index in [1.807, 2.05) is 25.1 Å². The van der Waals surface area contributed by atoms with Crippen molar-refractivity contribution in [2.45, 2.75) is 19.4 Å². The van der Waals surface area contributed by atoms with Gasteiger partial charge in [0.15, 0.2) is 0 Å². The lowest BCUT2D eigenvalue weighted by Gasteiger charge is -2.09. The van der Waals surface area contributed by atoms with E-state index in [0.717, 1.165) is 12.0 Å². The van der Waals surface area contributed by atoms with Gasteiger partial charge in [0, 0.05) is 6.04 Å². The quantitative estimate of drug-likeness (QED) is 0.719. The number of hydrogen-bond acceptors (Lipinski definition) is 2. The number of nitriles is 1. The lowest BCUT2D eigenvalue weighted by molar-refractivity contribution is 0.697. The summed E-state index contributed by atoms with van der Waals surface area (Å²) in [6.07, 6.45) is 0.860. The minimum atomic E-state index is -0.0131. The molecule has 0 unspecified atom stereocenters. The SMILES string of the molecule is CC[C@H](N)c1ccccc1C#N. The summed E-state index contributed by atoms with van der Waals surface area (Å²) < 4.78 is 0. The van der Waals surface area contributed by atoms with Crippen LogP contribution in [0.2, 0.25) is 0 Å². The summed E-state index contributed by atoms with van der Waals surface area (Å²) in [5.74, 6) is 0. The monoisotopic (exact) mass is 160 g/mol. The van der Waals surface area contributed by atoms with Gasteiger partial charge in [-0.1, -0.05) is 25.1 Å². The zero-order chi connectivity index (χ0) is 8.97. The summed E-state index contributed by atoms with van der Waals surface area (Å²) in [5, 5.41) is 8.76. The van der Waals surface area contributed by atoms with Gasteiger partial charge in [-0.2, -0.15) is 5.26 Å². The molecule has 0 fully saturated rings. The topological polar surface area (TPSA) is 49.8 Å². The van der Waals surface area contributed by atoms with E-state index >= 15 is 0 Å². The van der Waals surface area contributed by atoms with Gasteiger partial charge >= 0.3 is 0 Å². The minimum Gasteiger partial charge on any atom is -0.324 e. The van der Waals surface area contributed by atoms with Crippen LogP contribution in [0.3, 0.4) is 0 Å². The number of rotatable bonds is 2. The second-order valence-corrected chi connectivity index (χ2v) is 2.71. The molecule has 0 aliphatic carbocycles. The minimum absolute atomic E-state index is 0.0131. The summed E-state index contributed by atoms with van der Waals surface area (Å²) in [5.41, 5.74) is 7.45. The number of nitrogens with zero attached hydrogens (tertiary/aromatic N) is 1. The Morgan fingerprint density at radius 2 is 2.17 bits per heavy atom. The maximum absolute atomic E-state index is 8.76. The molecule has 2 heteroatoms. The van der Waals surface area contributed by atoms with Crippen molar-refractivity contribution >= 4 is 0 Å². The molecule has 0 aliphatic heterocycles. The smallest absolute Gasteiger partial charge is 0.0995 e. The van der Waals surface area contributed by atoms with Crippen molar-refractivity contribution in [1.82, 2.24) is 0 Å². The highest BCUT2D eigenvalue weighted by atomic mass is 14.6. The first kappa shape index (κ1) is 8.76. The summed E-state index contributed by atoms with van der Waals surface area (Å²) in [7, 11) is 0. The van der Waals surface area contributed by atoms with Gasteiger partial charge in [-0.15, -0.1) is 0 Å². The van der Waals surface area contributed by atoms with E-state index in [-0.39, 0.29) is 6.04 Å². The van der Waals surface area contributed by atoms with Crippen LogP contribution >= 0.6 is 0 Å². The molecule has 0 aliphatic rings. The third kappa shape index (κ3) is 1.63. The average Bonchev–Trinajstić information content (AvgIpc) is 2.16. The molecule has 1 atom stereocenters. The van der Waals surface area contributed by atoms with Crippen molar-refractivity contribution in [2.24, 2.45) is 5.73 Å². The maximum atomic E-state index is 8.76. The van der Waals surface area contributed by atoms with Gasteiger partial charge in [-0.05, 0) is 18.1 Å². The lowest BCUT2D eigenvalue weighted by Crippen LogP contribution is -2.10. The van der Waals surface area contributed by atoms with Crippen molar-refractivity contribution in [3.63, 3.8) is 0 Å². The van der Waals surface area contributed by atoms with Crippen molar-refractivity contribution in [2.75, 3.05) is 0 Å². The van der Waals surface area contributed by atoms with Gasteiger partial charge in [-0.3, -0.25) is 0 Å². The Morgan fingerprint density at radius 3 is 2.75 bits per heavy atom. The Balaban J connectivity index is 3.07. The van der Waals surface area contributed by atoms with Crippen LogP contribution in [0.1, 0.15) is 30.5 Å². The fourth-order valence-corrected chi connectivity index (χ4v) is 1.14. The molecule has 0 saturated carbocycles. The molecule has 2 N–H and O–H groups in total. The van der Waals surface area contributed by atoms with E-state index in [0.29, 0.717) is 5.56 Å². The van der Waals surface area contributed by atoms with Gasteiger partial charge in [0.05, 0.1) is 11.6 Å². The zero-order valence-corrected chi connectivity index (χ0v) is 7.12.